The van der Waals surface area contributed by atoms with Crippen LogP contribution in [0.25, 0.3) is 0 Å². The topological polar surface area (TPSA) is 72.9 Å². The molecule has 3 N–H and O–H groups in total. The molecule has 0 aromatic carbocycles. The maximum atomic E-state index is 11.4. The Labute approximate surface area is 110 Å². The average Bonchev–Trinajstić information content (AvgIpc) is 3.00. The van der Waals surface area contributed by atoms with Crippen LogP contribution in [0.3, 0.4) is 0 Å². The van der Waals surface area contributed by atoms with Gasteiger partial charge in [-0.25, -0.2) is 10.8 Å². The summed E-state index contributed by atoms with van der Waals surface area (Å²) in [6, 6.07) is 3.74. The molecule has 0 fully saturated rings. The van der Waals surface area contributed by atoms with Gasteiger partial charge in [-0.2, -0.15) is 0 Å². The van der Waals surface area contributed by atoms with E-state index < -0.39 is 0 Å². The largest absolute Gasteiger partial charge is 0.330 e. The Morgan fingerprint density at radius 1 is 1.56 bits per heavy atom. The highest BCUT2D eigenvalue weighted by Crippen LogP contribution is 2.18. The maximum absolute atomic E-state index is 11.4. The van der Waals surface area contributed by atoms with Crippen LogP contribution in [0.15, 0.2) is 24.5 Å². The molecule has 2 rings (SSSR count). The first-order chi connectivity index (χ1) is 8.74. The fourth-order valence-corrected chi connectivity index (χ4v) is 2.67. The van der Waals surface area contributed by atoms with Crippen LogP contribution in [-0.2, 0) is 13.0 Å². The van der Waals surface area contributed by atoms with Crippen molar-refractivity contribution >= 4 is 17.2 Å². The first-order valence-corrected chi connectivity index (χ1v) is 6.66. The van der Waals surface area contributed by atoms with Gasteiger partial charge in [0.1, 0.15) is 5.82 Å². The molecule has 0 bridgehead atoms. The summed E-state index contributed by atoms with van der Waals surface area (Å²) in [6.07, 6.45) is 5.82. The van der Waals surface area contributed by atoms with Crippen LogP contribution >= 0.6 is 11.3 Å². The molecule has 0 atom stereocenters. The average molecular weight is 264 g/mol. The maximum Gasteiger partial charge on any atom is 0.275 e. The minimum atomic E-state index is -0.245. The second kappa shape index (κ2) is 5.79. The van der Waals surface area contributed by atoms with Crippen LogP contribution in [0.4, 0.5) is 0 Å². The number of carbonyl (C=O) groups is 1. The van der Waals surface area contributed by atoms with E-state index in [-0.39, 0.29) is 5.91 Å². The van der Waals surface area contributed by atoms with Gasteiger partial charge in [-0.1, -0.05) is 6.92 Å². The van der Waals surface area contributed by atoms with Gasteiger partial charge in [-0.05, 0) is 18.6 Å². The molecule has 2 heterocycles. The predicted octanol–water partition coefficient (Wildman–Crippen LogP) is 1.55. The van der Waals surface area contributed by atoms with E-state index in [9.17, 15) is 4.79 Å². The van der Waals surface area contributed by atoms with E-state index in [1.54, 1.807) is 6.07 Å². The Morgan fingerprint density at radius 3 is 3.11 bits per heavy atom. The molecule has 0 aliphatic carbocycles. The third-order valence-electron chi connectivity index (χ3n) is 2.62. The number of aryl methyl sites for hydroxylation is 1. The van der Waals surface area contributed by atoms with Gasteiger partial charge >= 0.3 is 0 Å². The van der Waals surface area contributed by atoms with Crippen molar-refractivity contribution in [1.82, 2.24) is 15.0 Å². The third-order valence-corrected chi connectivity index (χ3v) is 3.69. The molecule has 0 saturated heterocycles. The Morgan fingerprint density at radius 2 is 2.39 bits per heavy atom. The van der Waals surface area contributed by atoms with Crippen LogP contribution in [0, 0.1) is 0 Å². The molecular weight excluding hydrogens is 248 g/mol. The highest BCUT2D eigenvalue weighted by molar-refractivity contribution is 7.14. The number of nitrogens with zero attached hydrogens (tertiary/aromatic N) is 2. The standard InChI is InChI=1S/C12H16N4OS/c1-2-3-11-14-6-7-16(11)8-9-4-5-10(18-9)12(17)15-13/h4-7H,2-3,8,13H2,1H3,(H,15,17). The molecule has 0 spiro atoms. The summed E-state index contributed by atoms with van der Waals surface area (Å²) in [5.74, 6) is 5.94. The number of carbonyl (C=O) groups excluding carboxylic acids is 1. The van der Waals surface area contributed by atoms with E-state index in [4.69, 9.17) is 5.84 Å². The first-order valence-electron chi connectivity index (χ1n) is 5.84. The number of imidazole rings is 1. The smallest absolute Gasteiger partial charge is 0.275 e. The summed E-state index contributed by atoms with van der Waals surface area (Å²) in [5, 5.41) is 0. The number of aromatic nitrogens is 2. The van der Waals surface area contributed by atoms with Crippen molar-refractivity contribution < 1.29 is 4.79 Å². The number of hydrogen-bond acceptors (Lipinski definition) is 4. The van der Waals surface area contributed by atoms with Gasteiger partial charge in [0.15, 0.2) is 0 Å². The van der Waals surface area contributed by atoms with Crippen LogP contribution in [0.5, 0.6) is 0 Å². The molecule has 0 unspecified atom stereocenters. The highest BCUT2D eigenvalue weighted by atomic mass is 32.1. The van der Waals surface area contributed by atoms with E-state index in [1.807, 2.05) is 18.5 Å². The summed E-state index contributed by atoms with van der Waals surface area (Å²) < 4.78 is 2.11. The lowest BCUT2D eigenvalue weighted by Crippen LogP contribution is -2.29. The molecule has 0 aliphatic heterocycles. The van der Waals surface area contributed by atoms with Crippen molar-refractivity contribution in [3.05, 3.63) is 40.1 Å². The molecule has 1 amide bonds. The lowest BCUT2D eigenvalue weighted by Gasteiger charge is -2.04. The van der Waals surface area contributed by atoms with Crippen LogP contribution in [0.1, 0.15) is 33.7 Å². The van der Waals surface area contributed by atoms with Gasteiger partial charge in [-0.3, -0.25) is 10.2 Å². The second-order valence-corrected chi connectivity index (χ2v) is 5.13. The number of nitrogens with two attached hydrogens (primary N) is 1. The molecule has 6 heteroatoms. The molecule has 18 heavy (non-hydrogen) atoms. The fourth-order valence-electron chi connectivity index (χ4n) is 1.76. The normalized spacial score (nSPS) is 10.6. The summed E-state index contributed by atoms with van der Waals surface area (Å²) in [5.41, 5.74) is 2.14. The van der Waals surface area contributed by atoms with E-state index in [1.165, 1.54) is 11.3 Å². The zero-order valence-electron chi connectivity index (χ0n) is 10.2. The van der Waals surface area contributed by atoms with Gasteiger partial charge in [0.2, 0.25) is 0 Å². The quantitative estimate of drug-likeness (QED) is 0.489. The minimum absolute atomic E-state index is 0.245. The number of hydrazine groups is 1. The molecule has 0 radical (unpaired) electrons. The van der Waals surface area contributed by atoms with Crippen LogP contribution < -0.4 is 11.3 Å². The Balaban J connectivity index is 2.11. The second-order valence-electron chi connectivity index (χ2n) is 3.96. The predicted molar refractivity (Wildman–Crippen MR) is 71.3 cm³/mol. The van der Waals surface area contributed by atoms with Crippen molar-refractivity contribution in [3.63, 3.8) is 0 Å². The van der Waals surface area contributed by atoms with Gasteiger partial charge in [0, 0.05) is 23.7 Å². The van der Waals surface area contributed by atoms with E-state index in [2.05, 4.69) is 21.9 Å². The number of hydrogen-bond donors (Lipinski definition) is 2. The van der Waals surface area contributed by atoms with Gasteiger partial charge in [0.05, 0.1) is 11.4 Å². The number of nitrogen functional groups attached to an aromatic ring is 1. The van der Waals surface area contributed by atoms with Crippen LogP contribution in [-0.4, -0.2) is 15.5 Å². The highest BCUT2D eigenvalue weighted by Gasteiger charge is 2.09. The van der Waals surface area contributed by atoms with Crippen molar-refractivity contribution in [1.29, 1.82) is 0 Å². The molecule has 0 saturated carbocycles. The summed E-state index contributed by atoms with van der Waals surface area (Å²) >= 11 is 1.45. The summed E-state index contributed by atoms with van der Waals surface area (Å²) in [6.45, 7) is 2.88. The summed E-state index contributed by atoms with van der Waals surface area (Å²) in [7, 11) is 0. The lowest BCUT2D eigenvalue weighted by molar-refractivity contribution is 0.0957. The number of thiophene rings is 1. The SMILES string of the molecule is CCCc1nccn1Cc1ccc(C(=O)NN)s1. The molecule has 2 aromatic heterocycles. The molecular formula is C12H16N4OS. The van der Waals surface area contributed by atoms with Gasteiger partial charge in [-0.15, -0.1) is 11.3 Å². The minimum Gasteiger partial charge on any atom is -0.330 e. The first kappa shape index (κ1) is 12.8. The summed E-state index contributed by atoms with van der Waals surface area (Å²) in [4.78, 5) is 17.4. The van der Waals surface area contributed by atoms with Crippen molar-refractivity contribution in [3.8, 4) is 0 Å². The molecule has 5 nitrogen and oxygen atoms in total. The Hall–Kier alpha value is -1.66. The lowest BCUT2D eigenvalue weighted by atomic mass is 10.3. The van der Waals surface area contributed by atoms with Crippen molar-refractivity contribution in [2.24, 2.45) is 5.84 Å². The Kier molecular flexibility index (Phi) is 4.11. The van der Waals surface area contributed by atoms with Crippen LogP contribution in [0.2, 0.25) is 0 Å². The molecule has 96 valence electrons. The number of nitrogens with one attached hydrogen (secondary N) is 1. The van der Waals surface area contributed by atoms with Crippen molar-refractivity contribution in [2.45, 2.75) is 26.3 Å². The number of rotatable bonds is 5. The van der Waals surface area contributed by atoms with Gasteiger partial charge < -0.3 is 4.57 Å². The third kappa shape index (κ3) is 2.77. The zero-order valence-corrected chi connectivity index (χ0v) is 11.0. The Bertz CT molecular complexity index is 532. The monoisotopic (exact) mass is 264 g/mol. The van der Waals surface area contributed by atoms with E-state index in [0.717, 1.165) is 30.1 Å². The fraction of sp³-hybridized carbons (Fsp3) is 0.333. The van der Waals surface area contributed by atoms with Crippen molar-refractivity contribution in [2.75, 3.05) is 0 Å². The van der Waals surface area contributed by atoms with Gasteiger partial charge in [0.25, 0.3) is 5.91 Å². The molecule has 0 aliphatic rings. The number of amides is 1. The zero-order chi connectivity index (χ0) is 13.0. The molecule has 2 aromatic rings. The van der Waals surface area contributed by atoms with E-state index in [0.29, 0.717) is 4.88 Å². The van der Waals surface area contributed by atoms with E-state index >= 15 is 0 Å².